The smallest absolute Gasteiger partial charge is 0.408 e. The number of amides is 1. The molecule has 0 aliphatic heterocycles. The number of nitriles is 1. The minimum absolute atomic E-state index is 0.0232. The highest BCUT2D eigenvalue weighted by Crippen LogP contribution is 2.16. The van der Waals surface area contributed by atoms with Crippen LogP contribution >= 0.6 is 0 Å². The third-order valence-electron chi connectivity index (χ3n) is 2.15. The first-order valence-electron chi connectivity index (χ1n) is 5.03. The third kappa shape index (κ3) is 4.68. The first-order chi connectivity index (χ1) is 6.60. The summed E-state index contributed by atoms with van der Waals surface area (Å²) in [6.45, 7) is 10.8. The van der Waals surface area contributed by atoms with Crippen molar-refractivity contribution in [3.05, 3.63) is 0 Å². The quantitative estimate of drug-likeness (QED) is 0.764. The number of ether oxygens (including phenoxy) is 1. The number of alkyl carbamates (subject to hydrolysis) is 1. The molecule has 1 amide bonds. The summed E-state index contributed by atoms with van der Waals surface area (Å²) in [5.74, 6) is 0.0232. The van der Waals surface area contributed by atoms with E-state index in [1.165, 1.54) is 0 Å². The van der Waals surface area contributed by atoms with Crippen molar-refractivity contribution in [3.8, 4) is 6.07 Å². The van der Waals surface area contributed by atoms with Crippen LogP contribution in [0.15, 0.2) is 0 Å². The molecule has 1 unspecified atom stereocenters. The molecule has 0 fully saturated rings. The Bertz CT molecular complexity index is 273. The van der Waals surface area contributed by atoms with Crippen LogP contribution in [-0.4, -0.2) is 17.2 Å². The Hall–Kier alpha value is -1.24. The molecule has 0 heterocycles. The Labute approximate surface area is 91.6 Å². The maximum Gasteiger partial charge on any atom is 0.408 e. The first kappa shape index (κ1) is 13.8. The van der Waals surface area contributed by atoms with Gasteiger partial charge in [0.05, 0.1) is 6.07 Å². The monoisotopic (exact) mass is 212 g/mol. The van der Waals surface area contributed by atoms with Gasteiger partial charge in [-0.05, 0) is 33.6 Å². The molecule has 0 bridgehead atoms. The van der Waals surface area contributed by atoms with Crippen molar-refractivity contribution < 1.29 is 9.53 Å². The van der Waals surface area contributed by atoms with Gasteiger partial charge in [0.15, 0.2) is 0 Å². The molecule has 0 aromatic carbocycles. The van der Waals surface area contributed by atoms with Crippen LogP contribution < -0.4 is 5.32 Å². The van der Waals surface area contributed by atoms with Gasteiger partial charge in [-0.15, -0.1) is 0 Å². The number of carbonyl (C=O) groups is 1. The molecule has 0 rings (SSSR count). The van der Waals surface area contributed by atoms with Crippen molar-refractivity contribution in [2.24, 2.45) is 5.92 Å². The Morgan fingerprint density at radius 3 is 2.07 bits per heavy atom. The van der Waals surface area contributed by atoms with E-state index >= 15 is 0 Å². The van der Waals surface area contributed by atoms with Gasteiger partial charge in [-0.3, -0.25) is 0 Å². The number of hydrogen-bond acceptors (Lipinski definition) is 3. The maximum absolute atomic E-state index is 11.5. The van der Waals surface area contributed by atoms with Gasteiger partial charge in [0.25, 0.3) is 0 Å². The molecule has 0 saturated heterocycles. The largest absolute Gasteiger partial charge is 0.444 e. The fourth-order valence-electron chi connectivity index (χ4n) is 0.817. The highest BCUT2D eigenvalue weighted by atomic mass is 16.6. The number of nitrogens with zero attached hydrogens (tertiary/aromatic N) is 1. The van der Waals surface area contributed by atoms with E-state index in [4.69, 9.17) is 10.00 Å². The zero-order valence-corrected chi connectivity index (χ0v) is 10.3. The molecule has 15 heavy (non-hydrogen) atoms. The molecule has 1 atom stereocenters. The molecule has 1 N–H and O–H groups in total. The average Bonchev–Trinajstić information content (AvgIpc) is 1.99. The second-order valence-corrected chi connectivity index (χ2v) is 5.10. The van der Waals surface area contributed by atoms with Crippen LogP contribution in [0.3, 0.4) is 0 Å². The predicted molar refractivity (Wildman–Crippen MR) is 58.2 cm³/mol. The second-order valence-electron chi connectivity index (χ2n) is 5.10. The predicted octanol–water partition coefficient (Wildman–Crippen LogP) is 2.45. The molecule has 0 aliphatic rings. The highest BCUT2D eigenvalue weighted by Gasteiger charge is 2.31. The number of hydrogen-bond donors (Lipinski definition) is 1. The lowest BCUT2D eigenvalue weighted by Crippen LogP contribution is -2.50. The second kappa shape index (κ2) is 4.52. The van der Waals surface area contributed by atoms with Crippen molar-refractivity contribution in [2.45, 2.75) is 52.7 Å². The number of nitrogens with one attached hydrogen (secondary N) is 1. The molecule has 86 valence electrons. The van der Waals surface area contributed by atoms with Crippen molar-refractivity contribution in [2.75, 3.05) is 0 Å². The van der Waals surface area contributed by atoms with Gasteiger partial charge < -0.3 is 10.1 Å². The van der Waals surface area contributed by atoms with Crippen LogP contribution in [0.25, 0.3) is 0 Å². The van der Waals surface area contributed by atoms with E-state index in [9.17, 15) is 4.79 Å². The molecule has 0 aromatic rings. The van der Waals surface area contributed by atoms with Crippen LogP contribution in [0.5, 0.6) is 0 Å². The van der Waals surface area contributed by atoms with Crippen LogP contribution in [0, 0.1) is 17.2 Å². The van der Waals surface area contributed by atoms with Crippen molar-refractivity contribution >= 4 is 6.09 Å². The topological polar surface area (TPSA) is 62.1 Å². The lowest BCUT2D eigenvalue weighted by atomic mass is 9.90. The molecule has 4 nitrogen and oxygen atoms in total. The van der Waals surface area contributed by atoms with Gasteiger partial charge in [0.2, 0.25) is 0 Å². The summed E-state index contributed by atoms with van der Waals surface area (Å²) in [7, 11) is 0. The maximum atomic E-state index is 11.5. The Morgan fingerprint density at radius 2 is 1.80 bits per heavy atom. The van der Waals surface area contributed by atoms with Crippen LogP contribution in [0.1, 0.15) is 41.5 Å². The highest BCUT2D eigenvalue weighted by molar-refractivity contribution is 5.69. The van der Waals surface area contributed by atoms with E-state index in [1.807, 2.05) is 13.8 Å². The van der Waals surface area contributed by atoms with Gasteiger partial charge in [-0.2, -0.15) is 5.26 Å². The zero-order chi connectivity index (χ0) is 12.3. The van der Waals surface area contributed by atoms with Crippen LogP contribution in [-0.2, 0) is 4.74 Å². The molecule has 0 aromatic heterocycles. The van der Waals surface area contributed by atoms with Crippen LogP contribution in [0.2, 0.25) is 0 Å². The number of carbonyl (C=O) groups excluding carboxylic acids is 1. The lowest BCUT2D eigenvalue weighted by molar-refractivity contribution is 0.0467. The van der Waals surface area contributed by atoms with Gasteiger partial charge in [0, 0.05) is 0 Å². The van der Waals surface area contributed by atoms with E-state index in [0.717, 1.165) is 0 Å². The van der Waals surface area contributed by atoms with Gasteiger partial charge in [0.1, 0.15) is 11.1 Å². The molecule has 0 aliphatic carbocycles. The third-order valence-corrected chi connectivity index (χ3v) is 2.15. The summed E-state index contributed by atoms with van der Waals surface area (Å²) in [5, 5.41) is 11.6. The summed E-state index contributed by atoms with van der Waals surface area (Å²) in [6, 6.07) is 2.08. The fourth-order valence-corrected chi connectivity index (χ4v) is 0.817. The Morgan fingerprint density at radius 1 is 1.33 bits per heavy atom. The van der Waals surface area contributed by atoms with E-state index in [0.29, 0.717) is 0 Å². The van der Waals surface area contributed by atoms with Gasteiger partial charge in [-0.1, -0.05) is 13.8 Å². The van der Waals surface area contributed by atoms with Crippen molar-refractivity contribution in [3.63, 3.8) is 0 Å². The molecular formula is C11H20N2O2. The SMILES string of the molecule is CC(C)C(C)(C#N)NC(=O)OC(C)(C)C. The fraction of sp³-hybridized carbons (Fsp3) is 0.818. The van der Waals surface area contributed by atoms with E-state index in [-0.39, 0.29) is 5.92 Å². The molecule has 4 heteroatoms. The Balaban J connectivity index is 4.47. The molecule has 0 radical (unpaired) electrons. The minimum atomic E-state index is -0.887. The molecule has 0 saturated carbocycles. The number of rotatable bonds is 2. The average molecular weight is 212 g/mol. The summed E-state index contributed by atoms with van der Waals surface area (Å²) in [6.07, 6.45) is -0.555. The van der Waals surface area contributed by atoms with Gasteiger partial charge >= 0.3 is 6.09 Å². The summed E-state index contributed by atoms with van der Waals surface area (Å²) < 4.78 is 5.08. The van der Waals surface area contributed by atoms with Crippen molar-refractivity contribution in [1.82, 2.24) is 5.32 Å². The summed E-state index contributed by atoms with van der Waals surface area (Å²) >= 11 is 0. The van der Waals surface area contributed by atoms with E-state index in [1.54, 1.807) is 27.7 Å². The first-order valence-corrected chi connectivity index (χ1v) is 5.03. The van der Waals surface area contributed by atoms with Gasteiger partial charge in [-0.25, -0.2) is 4.79 Å². The van der Waals surface area contributed by atoms with Crippen molar-refractivity contribution in [1.29, 1.82) is 5.26 Å². The molecular weight excluding hydrogens is 192 g/mol. The Kier molecular flexibility index (Phi) is 4.15. The zero-order valence-electron chi connectivity index (χ0n) is 10.3. The normalized spacial score (nSPS) is 15.3. The minimum Gasteiger partial charge on any atom is -0.444 e. The molecule has 0 spiro atoms. The van der Waals surface area contributed by atoms with Crippen LogP contribution in [0.4, 0.5) is 4.79 Å². The van der Waals surface area contributed by atoms with E-state index in [2.05, 4.69) is 11.4 Å². The lowest BCUT2D eigenvalue weighted by Gasteiger charge is -2.29. The van der Waals surface area contributed by atoms with E-state index < -0.39 is 17.2 Å². The standard InChI is InChI=1S/C11H20N2O2/c1-8(2)11(6,7-12)13-9(14)15-10(3,4)5/h8H,1-6H3,(H,13,14). The summed E-state index contributed by atoms with van der Waals surface area (Å²) in [4.78, 5) is 11.5. The summed E-state index contributed by atoms with van der Waals surface area (Å²) in [5.41, 5.74) is -1.43.